The summed E-state index contributed by atoms with van der Waals surface area (Å²) in [5, 5.41) is 3.07. The number of pyridine rings is 1. The van der Waals surface area contributed by atoms with Gasteiger partial charge in [0.25, 0.3) is 0 Å². The second-order valence-electron chi connectivity index (χ2n) is 4.81. The lowest BCUT2D eigenvalue weighted by atomic mass is 9.97. The molecular weight excluding hydrogens is 219 g/mol. The fraction of sp³-hybridized carbons (Fsp3) is 0.615. The Kier molecular flexibility index (Phi) is 3.62. The van der Waals surface area contributed by atoms with Gasteiger partial charge in [0.05, 0.1) is 0 Å². The third-order valence-corrected chi connectivity index (χ3v) is 2.97. The maximum absolute atomic E-state index is 14.3. The fourth-order valence-corrected chi connectivity index (χ4v) is 2.15. The minimum absolute atomic E-state index is 0.114. The van der Waals surface area contributed by atoms with E-state index >= 15 is 0 Å². The Labute approximate surface area is 101 Å². The van der Waals surface area contributed by atoms with E-state index in [9.17, 15) is 4.39 Å². The van der Waals surface area contributed by atoms with Crippen LogP contribution in [0.3, 0.4) is 0 Å². The Balaban J connectivity index is 1.96. The van der Waals surface area contributed by atoms with Crippen molar-refractivity contribution < 1.29 is 9.13 Å². The topological polar surface area (TPSA) is 34.1 Å². The molecule has 1 unspecified atom stereocenters. The second-order valence-corrected chi connectivity index (χ2v) is 4.81. The van der Waals surface area contributed by atoms with Gasteiger partial charge < -0.3 is 10.1 Å². The molecule has 1 aromatic heterocycles. The minimum Gasteiger partial charge on any atom is -0.490 e. The summed E-state index contributed by atoms with van der Waals surface area (Å²) in [4.78, 5) is 4.26. The maximum Gasteiger partial charge on any atom is 0.157 e. The van der Waals surface area contributed by atoms with Crippen molar-refractivity contribution >= 4 is 0 Å². The van der Waals surface area contributed by atoms with Crippen molar-refractivity contribution in [2.45, 2.75) is 32.4 Å². The molecule has 0 radical (unpaired) electrons. The van der Waals surface area contributed by atoms with E-state index in [1.54, 1.807) is 0 Å². The zero-order valence-electron chi connectivity index (χ0n) is 10.4. The summed E-state index contributed by atoms with van der Waals surface area (Å²) in [5.41, 5.74) is 0.563. The quantitative estimate of drug-likeness (QED) is 0.876. The number of nitrogens with one attached hydrogen (secondary N) is 1. The molecule has 1 aliphatic rings. The first-order valence-corrected chi connectivity index (χ1v) is 6.05. The van der Waals surface area contributed by atoms with Crippen LogP contribution in [-0.4, -0.2) is 30.3 Å². The summed E-state index contributed by atoms with van der Waals surface area (Å²) in [7, 11) is 0. The summed E-state index contributed by atoms with van der Waals surface area (Å²) >= 11 is 0. The monoisotopic (exact) mass is 238 g/mol. The SMILES string of the molecule is Cc1cc(OCC2(F)CCCNC2)cc(C)n1. The molecule has 1 aliphatic heterocycles. The lowest BCUT2D eigenvalue weighted by molar-refractivity contribution is 0.0593. The maximum atomic E-state index is 14.3. The molecule has 94 valence electrons. The van der Waals surface area contributed by atoms with Gasteiger partial charge in [-0.25, -0.2) is 4.39 Å². The van der Waals surface area contributed by atoms with Crippen LogP contribution < -0.4 is 10.1 Å². The van der Waals surface area contributed by atoms with Crippen LogP contribution in [0.4, 0.5) is 4.39 Å². The Morgan fingerprint density at radius 1 is 1.41 bits per heavy atom. The number of ether oxygens (including phenoxy) is 1. The van der Waals surface area contributed by atoms with E-state index in [0.717, 1.165) is 24.4 Å². The van der Waals surface area contributed by atoms with Crippen molar-refractivity contribution in [2.75, 3.05) is 19.7 Å². The van der Waals surface area contributed by atoms with Gasteiger partial charge in [-0.1, -0.05) is 0 Å². The molecule has 1 fully saturated rings. The molecule has 0 spiro atoms. The van der Waals surface area contributed by atoms with E-state index in [1.165, 1.54) is 0 Å². The number of nitrogens with zero attached hydrogens (tertiary/aromatic N) is 1. The summed E-state index contributed by atoms with van der Waals surface area (Å²) in [6, 6.07) is 3.68. The van der Waals surface area contributed by atoms with Crippen molar-refractivity contribution in [3.63, 3.8) is 0 Å². The van der Waals surface area contributed by atoms with Crippen molar-refractivity contribution in [3.05, 3.63) is 23.5 Å². The molecule has 2 rings (SSSR count). The second kappa shape index (κ2) is 5.00. The van der Waals surface area contributed by atoms with E-state index in [-0.39, 0.29) is 6.61 Å². The zero-order valence-corrected chi connectivity index (χ0v) is 10.4. The lowest BCUT2D eigenvalue weighted by Crippen LogP contribution is -2.46. The van der Waals surface area contributed by atoms with Crippen LogP contribution in [0.15, 0.2) is 12.1 Å². The van der Waals surface area contributed by atoms with Gasteiger partial charge in [-0.2, -0.15) is 0 Å². The van der Waals surface area contributed by atoms with Gasteiger partial charge in [-0.05, 0) is 33.2 Å². The summed E-state index contributed by atoms with van der Waals surface area (Å²) in [6.07, 6.45) is 1.44. The van der Waals surface area contributed by atoms with Gasteiger partial charge in [0.15, 0.2) is 5.67 Å². The molecule has 2 heterocycles. The summed E-state index contributed by atoms with van der Waals surface area (Å²) in [6.45, 7) is 5.22. The van der Waals surface area contributed by atoms with Gasteiger partial charge in [0.1, 0.15) is 12.4 Å². The molecule has 0 amide bonds. The van der Waals surface area contributed by atoms with Gasteiger partial charge in [0.2, 0.25) is 0 Å². The van der Waals surface area contributed by atoms with Crippen molar-refractivity contribution in [1.82, 2.24) is 10.3 Å². The van der Waals surface area contributed by atoms with Crippen LogP contribution in [0.25, 0.3) is 0 Å². The average Bonchev–Trinajstić information content (AvgIpc) is 2.26. The highest BCUT2D eigenvalue weighted by Gasteiger charge is 2.32. The molecule has 3 nitrogen and oxygen atoms in total. The molecule has 0 aromatic carbocycles. The number of piperidine rings is 1. The predicted molar refractivity (Wildman–Crippen MR) is 65.1 cm³/mol. The molecule has 0 aliphatic carbocycles. The Morgan fingerprint density at radius 2 is 2.12 bits per heavy atom. The number of halogens is 1. The Hall–Kier alpha value is -1.16. The number of hydrogen-bond donors (Lipinski definition) is 1. The zero-order chi connectivity index (χ0) is 12.3. The van der Waals surface area contributed by atoms with E-state index < -0.39 is 5.67 Å². The number of aryl methyl sites for hydroxylation is 2. The van der Waals surface area contributed by atoms with Gasteiger partial charge in [-0.3, -0.25) is 4.98 Å². The third kappa shape index (κ3) is 3.40. The van der Waals surface area contributed by atoms with Crippen LogP contribution in [0.1, 0.15) is 24.2 Å². The molecule has 1 atom stereocenters. The molecule has 0 bridgehead atoms. The van der Waals surface area contributed by atoms with Crippen LogP contribution in [0, 0.1) is 13.8 Å². The smallest absolute Gasteiger partial charge is 0.157 e. The van der Waals surface area contributed by atoms with Crippen LogP contribution in [-0.2, 0) is 0 Å². The fourth-order valence-electron chi connectivity index (χ4n) is 2.15. The standard InChI is InChI=1S/C13H19FN2O/c1-10-6-12(7-11(2)16-10)17-9-13(14)4-3-5-15-8-13/h6-7,15H,3-5,8-9H2,1-2H3. The average molecular weight is 238 g/mol. The van der Waals surface area contributed by atoms with E-state index in [1.807, 2.05) is 26.0 Å². The van der Waals surface area contributed by atoms with Crippen molar-refractivity contribution in [2.24, 2.45) is 0 Å². The summed E-state index contributed by atoms with van der Waals surface area (Å²) in [5.74, 6) is 0.706. The lowest BCUT2D eigenvalue weighted by Gasteiger charge is -2.29. The minimum atomic E-state index is -1.23. The van der Waals surface area contributed by atoms with Gasteiger partial charge in [0, 0.05) is 30.1 Å². The number of alkyl halides is 1. The molecule has 0 saturated carbocycles. The Bertz CT molecular complexity index is 369. The molecular formula is C13H19FN2O. The number of rotatable bonds is 3. The molecule has 17 heavy (non-hydrogen) atoms. The van der Waals surface area contributed by atoms with Gasteiger partial charge in [-0.15, -0.1) is 0 Å². The van der Waals surface area contributed by atoms with Crippen molar-refractivity contribution in [3.8, 4) is 5.75 Å². The molecule has 1 N–H and O–H groups in total. The molecule has 1 aromatic rings. The largest absolute Gasteiger partial charge is 0.490 e. The first-order chi connectivity index (χ1) is 8.07. The Morgan fingerprint density at radius 3 is 2.71 bits per heavy atom. The highest BCUT2D eigenvalue weighted by Crippen LogP contribution is 2.23. The highest BCUT2D eigenvalue weighted by atomic mass is 19.1. The van der Waals surface area contributed by atoms with Crippen LogP contribution >= 0.6 is 0 Å². The van der Waals surface area contributed by atoms with E-state index in [0.29, 0.717) is 18.7 Å². The van der Waals surface area contributed by atoms with Crippen LogP contribution in [0.2, 0.25) is 0 Å². The predicted octanol–water partition coefficient (Wildman–Crippen LogP) is 2.17. The van der Waals surface area contributed by atoms with Crippen LogP contribution in [0.5, 0.6) is 5.75 Å². The normalized spacial score (nSPS) is 24.6. The van der Waals surface area contributed by atoms with E-state index in [4.69, 9.17) is 4.74 Å². The number of aromatic nitrogens is 1. The van der Waals surface area contributed by atoms with E-state index in [2.05, 4.69) is 10.3 Å². The molecule has 4 heteroatoms. The number of hydrogen-bond acceptors (Lipinski definition) is 3. The van der Waals surface area contributed by atoms with Gasteiger partial charge >= 0.3 is 0 Å². The highest BCUT2D eigenvalue weighted by molar-refractivity contribution is 5.26. The third-order valence-electron chi connectivity index (χ3n) is 2.97. The van der Waals surface area contributed by atoms with Crippen molar-refractivity contribution in [1.29, 1.82) is 0 Å². The first kappa shape index (κ1) is 12.3. The summed E-state index contributed by atoms with van der Waals surface area (Å²) < 4.78 is 19.8. The molecule has 1 saturated heterocycles. The first-order valence-electron chi connectivity index (χ1n) is 6.05.